The average Bonchev–Trinajstić information content (AvgIpc) is 3.04. The van der Waals surface area contributed by atoms with Crippen molar-refractivity contribution in [2.24, 2.45) is 11.5 Å². The van der Waals surface area contributed by atoms with Crippen molar-refractivity contribution in [1.29, 1.82) is 0 Å². The van der Waals surface area contributed by atoms with Gasteiger partial charge in [-0.15, -0.1) is 0 Å². The highest BCUT2D eigenvalue weighted by Gasteiger charge is 2.43. The fourth-order valence-corrected chi connectivity index (χ4v) is 4.54. The fourth-order valence-electron chi connectivity index (χ4n) is 4.54. The summed E-state index contributed by atoms with van der Waals surface area (Å²) in [6, 6.07) is 15.0. The second-order valence-corrected chi connectivity index (χ2v) is 10.3. The van der Waals surface area contributed by atoms with Crippen molar-refractivity contribution in [2.75, 3.05) is 18.5 Å². The molecule has 11 nitrogen and oxygen atoms in total. The number of hydrogen-bond acceptors (Lipinski definition) is 11. The average molecular weight is 642 g/mol. The number of rotatable bonds is 13. The fraction of sp³-hybridized carbons (Fsp3) is 0.281. The van der Waals surface area contributed by atoms with E-state index in [9.17, 15) is 37.1 Å². The lowest BCUT2D eigenvalue weighted by molar-refractivity contribution is -0.189. The van der Waals surface area contributed by atoms with Crippen LogP contribution in [0.5, 0.6) is 5.75 Å². The molecule has 3 aromatic carbocycles. The first-order chi connectivity index (χ1) is 21.9. The summed E-state index contributed by atoms with van der Waals surface area (Å²) in [5.74, 6) is -6.05. The molecule has 1 aliphatic carbocycles. The van der Waals surface area contributed by atoms with Crippen LogP contribution >= 0.6 is 0 Å². The van der Waals surface area contributed by atoms with Gasteiger partial charge in [-0.25, -0.2) is 4.79 Å². The van der Waals surface area contributed by atoms with Crippen molar-refractivity contribution in [1.82, 2.24) is 0 Å². The second-order valence-electron chi connectivity index (χ2n) is 10.3. The van der Waals surface area contributed by atoms with E-state index in [1.807, 2.05) is 6.07 Å². The van der Waals surface area contributed by atoms with Gasteiger partial charge < -0.3 is 31.0 Å². The van der Waals surface area contributed by atoms with Crippen LogP contribution in [0, 0.1) is 0 Å². The first-order valence-electron chi connectivity index (χ1n) is 14.1. The van der Waals surface area contributed by atoms with Crippen LogP contribution in [0.3, 0.4) is 0 Å². The molecule has 5 N–H and O–H groups in total. The number of esters is 3. The van der Waals surface area contributed by atoms with Crippen molar-refractivity contribution in [2.45, 2.75) is 44.1 Å². The molecule has 4 rings (SSSR count). The molecule has 0 heterocycles. The molecule has 3 aromatic rings. The summed E-state index contributed by atoms with van der Waals surface area (Å²) in [6.07, 6.45) is -5.01. The zero-order valence-electron chi connectivity index (χ0n) is 24.3. The molecular formula is C32H30F3N3O8. The van der Waals surface area contributed by atoms with Crippen LogP contribution < -0.4 is 21.5 Å². The van der Waals surface area contributed by atoms with Gasteiger partial charge in [0.2, 0.25) is 0 Å². The standard InChI is InChI=1S/C32H30F3N3O8/c33-32(34,35)31(43)46-25-16-19(15-22-26(25)28(40)21-10-5-4-9-20(21)27(22)39)38-13-6-14-44-29(41)23(36)11-12-24(37)30(42)45-17-18-7-2-1-3-8-18/h1-5,7-10,15-16,23-24,38H,6,11-14,17,36-37H2/t23-,24?/m0/s1. The monoisotopic (exact) mass is 641 g/mol. The van der Waals surface area contributed by atoms with Crippen molar-refractivity contribution in [3.05, 3.63) is 94.5 Å². The van der Waals surface area contributed by atoms with Gasteiger partial charge in [-0.2, -0.15) is 13.2 Å². The Bertz CT molecular complexity index is 1630. The van der Waals surface area contributed by atoms with Gasteiger partial charge in [-0.05, 0) is 30.9 Å². The van der Waals surface area contributed by atoms with E-state index in [1.54, 1.807) is 24.3 Å². The molecule has 0 spiro atoms. The maximum Gasteiger partial charge on any atom is 0.491 e. The van der Waals surface area contributed by atoms with Crippen molar-refractivity contribution in [3.63, 3.8) is 0 Å². The quantitative estimate of drug-likeness (QED) is 0.111. The van der Waals surface area contributed by atoms with E-state index in [1.165, 1.54) is 30.3 Å². The minimum Gasteiger partial charge on any atom is -0.464 e. The van der Waals surface area contributed by atoms with Gasteiger partial charge in [0.25, 0.3) is 0 Å². The van der Waals surface area contributed by atoms with Crippen LogP contribution in [0.1, 0.15) is 56.7 Å². The summed E-state index contributed by atoms with van der Waals surface area (Å²) >= 11 is 0. The lowest BCUT2D eigenvalue weighted by Gasteiger charge is -2.21. The maximum absolute atomic E-state index is 13.1. The molecule has 0 aliphatic heterocycles. The number of nitrogens with two attached hydrogens (primary N) is 2. The van der Waals surface area contributed by atoms with Crippen LogP contribution in [0.15, 0.2) is 66.7 Å². The lowest BCUT2D eigenvalue weighted by Crippen LogP contribution is -2.37. The molecule has 14 heteroatoms. The topological polar surface area (TPSA) is 177 Å². The number of ketones is 2. The Hall–Kier alpha value is -5.08. The van der Waals surface area contributed by atoms with Gasteiger partial charge in [-0.3, -0.25) is 19.2 Å². The highest BCUT2D eigenvalue weighted by molar-refractivity contribution is 6.29. The lowest BCUT2D eigenvalue weighted by atomic mass is 9.83. The van der Waals surface area contributed by atoms with E-state index < -0.39 is 59.0 Å². The third kappa shape index (κ3) is 8.34. The predicted octanol–water partition coefficient (Wildman–Crippen LogP) is 3.45. The predicted molar refractivity (Wildman–Crippen MR) is 157 cm³/mol. The molecule has 46 heavy (non-hydrogen) atoms. The molecule has 242 valence electrons. The van der Waals surface area contributed by atoms with E-state index >= 15 is 0 Å². The van der Waals surface area contributed by atoms with Gasteiger partial charge in [0.15, 0.2) is 11.6 Å². The zero-order valence-corrected chi connectivity index (χ0v) is 24.3. The summed E-state index contributed by atoms with van der Waals surface area (Å²) in [5.41, 5.74) is 11.9. The van der Waals surface area contributed by atoms with Gasteiger partial charge in [0, 0.05) is 35.0 Å². The summed E-state index contributed by atoms with van der Waals surface area (Å²) in [5, 5.41) is 2.86. The molecular weight excluding hydrogens is 611 g/mol. The third-order valence-electron chi connectivity index (χ3n) is 6.94. The van der Waals surface area contributed by atoms with Crippen molar-refractivity contribution >= 4 is 35.2 Å². The smallest absolute Gasteiger partial charge is 0.464 e. The number of carbonyl (C=O) groups excluding carboxylic acids is 5. The number of anilines is 1. The Morgan fingerprint density at radius 1 is 0.783 bits per heavy atom. The first-order valence-corrected chi connectivity index (χ1v) is 14.1. The van der Waals surface area contributed by atoms with E-state index in [0.717, 1.165) is 11.6 Å². The van der Waals surface area contributed by atoms with Gasteiger partial charge in [-0.1, -0.05) is 54.6 Å². The molecule has 2 atom stereocenters. The SMILES string of the molecule is NC(CC[C@H](N)C(=O)OCCCNc1cc(OC(=O)C(F)(F)F)c2c(c1)C(=O)c1ccccc1C2=O)C(=O)OCc1ccccc1. The number of ether oxygens (including phenoxy) is 3. The number of halogens is 3. The van der Waals surface area contributed by atoms with E-state index in [2.05, 4.69) is 10.1 Å². The number of carbonyl (C=O) groups is 5. The summed E-state index contributed by atoms with van der Waals surface area (Å²) in [7, 11) is 0. The molecule has 1 unspecified atom stereocenters. The first kappa shape index (κ1) is 33.8. The minimum absolute atomic E-state index is 0.0324. The summed E-state index contributed by atoms with van der Waals surface area (Å²) < 4.78 is 53.8. The molecule has 0 bridgehead atoms. The molecule has 0 saturated heterocycles. The number of nitrogens with one attached hydrogen (secondary N) is 1. The maximum atomic E-state index is 13.1. The molecule has 0 radical (unpaired) electrons. The molecule has 0 saturated carbocycles. The highest BCUT2D eigenvalue weighted by Crippen LogP contribution is 2.37. The third-order valence-corrected chi connectivity index (χ3v) is 6.94. The molecule has 1 aliphatic rings. The Labute approximate surface area is 261 Å². The number of alkyl halides is 3. The summed E-state index contributed by atoms with van der Waals surface area (Å²) in [4.78, 5) is 62.3. The van der Waals surface area contributed by atoms with Gasteiger partial charge >= 0.3 is 24.1 Å². The van der Waals surface area contributed by atoms with Crippen LogP contribution in [0.25, 0.3) is 0 Å². The van der Waals surface area contributed by atoms with Crippen molar-refractivity contribution < 1.29 is 51.4 Å². The van der Waals surface area contributed by atoms with Gasteiger partial charge in [0.1, 0.15) is 24.4 Å². The number of benzene rings is 3. The Balaban J connectivity index is 1.29. The van der Waals surface area contributed by atoms with E-state index in [4.69, 9.17) is 20.9 Å². The van der Waals surface area contributed by atoms with Crippen LogP contribution in [0.4, 0.5) is 18.9 Å². The Morgan fingerprint density at radius 3 is 2.00 bits per heavy atom. The highest BCUT2D eigenvalue weighted by atomic mass is 19.4. The second kappa shape index (κ2) is 14.8. The van der Waals surface area contributed by atoms with E-state index in [-0.39, 0.29) is 61.4 Å². The Morgan fingerprint density at radius 2 is 1.37 bits per heavy atom. The Kier molecular flexibility index (Phi) is 10.9. The summed E-state index contributed by atoms with van der Waals surface area (Å²) in [6.45, 7) is 0.0601. The zero-order chi connectivity index (χ0) is 33.4. The largest absolute Gasteiger partial charge is 0.491 e. The molecule has 0 aromatic heterocycles. The molecule has 0 amide bonds. The number of hydrogen-bond donors (Lipinski definition) is 3. The van der Waals surface area contributed by atoms with Crippen LogP contribution in [0.2, 0.25) is 0 Å². The normalized spacial score (nSPS) is 13.6. The van der Waals surface area contributed by atoms with Crippen LogP contribution in [-0.2, 0) is 30.5 Å². The number of fused-ring (bicyclic) bond motifs is 2. The minimum atomic E-state index is -5.35. The van der Waals surface area contributed by atoms with Crippen LogP contribution in [-0.4, -0.2) is 60.9 Å². The molecule has 0 fully saturated rings. The van der Waals surface area contributed by atoms with Crippen molar-refractivity contribution in [3.8, 4) is 5.75 Å². The van der Waals surface area contributed by atoms with E-state index in [0.29, 0.717) is 0 Å². The van der Waals surface area contributed by atoms with Gasteiger partial charge in [0.05, 0.1) is 12.2 Å².